The molecule has 0 unspecified atom stereocenters. The molecule has 8 heteroatoms. The van der Waals surface area contributed by atoms with Gasteiger partial charge < -0.3 is 10.2 Å². The lowest BCUT2D eigenvalue weighted by Gasteiger charge is -2.39. The number of amides is 2. The minimum absolute atomic E-state index is 0.0452. The molecule has 35 heavy (non-hydrogen) atoms. The molecule has 0 saturated carbocycles. The molecule has 5 rings (SSSR count). The van der Waals surface area contributed by atoms with Crippen molar-refractivity contribution in [3.05, 3.63) is 30.0 Å². The van der Waals surface area contributed by atoms with Crippen LogP contribution in [0.2, 0.25) is 0 Å². The van der Waals surface area contributed by atoms with E-state index >= 15 is 0 Å². The maximum atomic E-state index is 13.3. The number of likely N-dealkylation sites (tertiary alicyclic amines) is 1. The molecule has 3 fully saturated rings. The number of fused-ring (bicyclic) bond motifs is 3. The predicted molar refractivity (Wildman–Crippen MR) is 137 cm³/mol. The highest BCUT2D eigenvalue weighted by Gasteiger charge is 2.41. The van der Waals surface area contributed by atoms with Crippen molar-refractivity contribution in [2.75, 3.05) is 33.2 Å². The van der Waals surface area contributed by atoms with Gasteiger partial charge in [0.25, 0.3) is 5.91 Å². The van der Waals surface area contributed by atoms with Crippen molar-refractivity contribution >= 4 is 22.7 Å². The molecule has 0 spiro atoms. The SMILES string of the molecule is CC(=O)N(C)[C@@H]1CCN(CCN2[C@@H]3CC[C@H]2C[C@H](NC(=O)c2nn(C(C)C)c4ccccc24)C3)C1. The number of hydrogen-bond acceptors (Lipinski definition) is 5. The van der Waals surface area contributed by atoms with Crippen molar-refractivity contribution in [3.8, 4) is 0 Å². The van der Waals surface area contributed by atoms with Gasteiger partial charge in [-0.25, -0.2) is 0 Å². The fraction of sp³-hybridized carbons (Fsp3) is 0.667. The molecule has 1 aromatic heterocycles. The van der Waals surface area contributed by atoms with E-state index in [1.54, 1.807) is 6.92 Å². The summed E-state index contributed by atoms with van der Waals surface area (Å²) in [7, 11) is 1.92. The molecule has 1 N–H and O–H groups in total. The number of rotatable bonds is 7. The highest BCUT2D eigenvalue weighted by molar-refractivity contribution is 6.05. The zero-order chi connectivity index (χ0) is 24.7. The number of benzene rings is 1. The molecule has 2 bridgehead atoms. The summed E-state index contributed by atoms with van der Waals surface area (Å²) in [5.41, 5.74) is 1.56. The predicted octanol–water partition coefficient (Wildman–Crippen LogP) is 2.90. The molecular formula is C27H40N6O2. The maximum absolute atomic E-state index is 13.3. The van der Waals surface area contributed by atoms with Crippen LogP contribution in [-0.4, -0.2) is 93.7 Å². The molecule has 1 aromatic carbocycles. The van der Waals surface area contributed by atoms with Crippen LogP contribution in [0.4, 0.5) is 0 Å². The third kappa shape index (κ3) is 4.83. The Balaban J connectivity index is 1.17. The minimum Gasteiger partial charge on any atom is -0.348 e. The number of piperidine rings is 1. The molecule has 3 saturated heterocycles. The van der Waals surface area contributed by atoms with Crippen LogP contribution in [0.3, 0.4) is 0 Å². The third-order valence-corrected chi connectivity index (χ3v) is 8.50. The summed E-state index contributed by atoms with van der Waals surface area (Å²) in [6.45, 7) is 10.0. The molecule has 8 nitrogen and oxygen atoms in total. The molecule has 3 aliphatic heterocycles. The first-order chi connectivity index (χ1) is 16.8. The molecule has 3 aliphatic rings. The van der Waals surface area contributed by atoms with Crippen LogP contribution < -0.4 is 5.32 Å². The van der Waals surface area contributed by atoms with Gasteiger partial charge in [-0.15, -0.1) is 0 Å². The van der Waals surface area contributed by atoms with Gasteiger partial charge in [0.2, 0.25) is 5.91 Å². The minimum atomic E-state index is -0.0452. The van der Waals surface area contributed by atoms with Gasteiger partial charge in [-0.1, -0.05) is 18.2 Å². The second-order valence-electron chi connectivity index (χ2n) is 11.0. The van der Waals surface area contributed by atoms with Gasteiger partial charge in [0, 0.05) is 75.7 Å². The standard InChI is InChI=1S/C27H40N6O2/c1-18(2)33-25-8-6-5-7-24(25)26(29-33)27(35)28-20-15-21-9-10-22(16-20)32(21)14-13-31-12-11-23(17-31)30(4)19(3)34/h5-8,18,20-23H,9-17H2,1-4H3,(H,28,35)/t20-,21-,22+,23-/m1/s1. The highest BCUT2D eigenvalue weighted by atomic mass is 16.2. The first-order valence-corrected chi connectivity index (χ1v) is 13.3. The topological polar surface area (TPSA) is 73.7 Å². The molecular weight excluding hydrogens is 440 g/mol. The number of carbonyl (C=O) groups is 2. The van der Waals surface area contributed by atoms with Crippen LogP contribution in [0.1, 0.15) is 69.4 Å². The Hall–Kier alpha value is -2.45. The molecule has 2 amide bonds. The monoisotopic (exact) mass is 480 g/mol. The lowest BCUT2D eigenvalue weighted by Crippen LogP contribution is -2.52. The van der Waals surface area contributed by atoms with Crippen LogP contribution in [0.25, 0.3) is 10.9 Å². The summed E-state index contributed by atoms with van der Waals surface area (Å²) in [6.07, 6.45) is 5.54. The summed E-state index contributed by atoms with van der Waals surface area (Å²) in [6, 6.07) is 9.86. The molecule has 2 aromatic rings. The first kappa shape index (κ1) is 24.3. The Labute approximate surface area is 208 Å². The highest BCUT2D eigenvalue weighted by Crippen LogP contribution is 2.36. The summed E-state index contributed by atoms with van der Waals surface area (Å²) >= 11 is 0. The average Bonchev–Trinajstić information content (AvgIpc) is 3.51. The van der Waals surface area contributed by atoms with E-state index in [4.69, 9.17) is 0 Å². The van der Waals surface area contributed by atoms with E-state index in [0.717, 1.165) is 56.3 Å². The van der Waals surface area contributed by atoms with Crippen molar-refractivity contribution < 1.29 is 9.59 Å². The van der Waals surface area contributed by atoms with Crippen molar-refractivity contribution in [2.24, 2.45) is 0 Å². The van der Waals surface area contributed by atoms with E-state index in [-0.39, 0.29) is 23.9 Å². The second kappa shape index (κ2) is 9.90. The number of nitrogens with zero attached hydrogens (tertiary/aromatic N) is 5. The van der Waals surface area contributed by atoms with E-state index in [0.29, 0.717) is 23.8 Å². The van der Waals surface area contributed by atoms with Crippen molar-refractivity contribution in [3.63, 3.8) is 0 Å². The summed E-state index contributed by atoms with van der Waals surface area (Å²) < 4.78 is 1.95. The first-order valence-electron chi connectivity index (χ1n) is 13.3. The quantitative estimate of drug-likeness (QED) is 0.660. The Morgan fingerprint density at radius 1 is 1.11 bits per heavy atom. The van der Waals surface area contributed by atoms with E-state index in [9.17, 15) is 9.59 Å². The Bertz CT molecular complexity index is 1070. The molecule has 4 atom stereocenters. The van der Waals surface area contributed by atoms with Gasteiger partial charge in [-0.3, -0.25) is 24.1 Å². The third-order valence-electron chi connectivity index (χ3n) is 8.50. The number of likely N-dealkylation sites (N-methyl/N-ethyl adjacent to an activating group) is 1. The summed E-state index contributed by atoms with van der Waals surface area (Å²) in [5.74, 6) is 0.110. The van der Waals surface area contributed by atoms with Crippen LogP contribution >= 0.6 is 0 Å². The number of carbonyl (C=O) groups excluding carboxylic acids is 2. The summed E-state index contributed by atoms with van der Waals surface area (Å²) in [5, 5.41) is 8.96. The van der Waals surface area contributed by atoms with Crippen LogP contribution in [0.15, 0.2) is 24.3 Å². The Morgan fingerprint density at radius 3 is 2.51 bits per heavy atom. The normalized spacial score (nSPS) is 27.1. The van der Waals surface area contributed by atoms with E-state index in [1.807, 2.05) is 40.9 Å². The number of nitrogens with one attached hydrogen (secondary N) is 1. The molecule has 0 aliphatic carbocycles. The summed E-state index contributed by atoms with van der Waals surface area (Å²) in [4.78, 5) is 32.1. The van der Waals surface area contributed by atoms with E-state index < -0.39 is 0 Å². The van der Waals surface area contributed by atoms with Gasteiger partial charge in [0.05, 0.1) is 5.52 Å². The largest absolute Gasteiger partial charge is 0.348 e. The zero-order valence-electron chi connectivity index (χ0n) is 21.6. The Kier molecular flexibility index (Phi) is 6.86. The van der Waals surface area contributed by atoms with Crippen molar-refractivity contribution in [2.45, 2.75) is 83.1 Å². The fourth-order valence-corrected chi connectivity index (χ4v) is 6.51. The lowest BCUT2D eigenvalue weighted by molar-refractivity contribution is -0.129. The van der Waals surface area contributed by atoms with Gasteiger partial charge in [-0.05, 0) is 52.0 Å². The van der Waals surface area contributed by atoms with Crippen LogP contribution in [-0.2, 0) is 4.79 Å². The van der Waals surface area contributed by atoms with Gasteiger partial charge >= 0.3 is 0 Å². The molecule has 190 valence electrons. The Morgan fingerprint density at radius 2 is 1.83 bits per heavy atom. The average molecular weight is 481 g/mol. The second-order valence-corrected chi connectivity index (χ2v) is 11.0. The van der Waals surface area contributed by atoms with Crippen molar-refractivity contribution in [1.82, 2.24) is 29.8 Å². The molecule has 0 radical (unpaired) electrons. The van der Waals surface area contributed by atoms with Crippen LogP contribution in [0, 0.1) is 0 Å². The number of hydrogen-bond donors (Lipinski definition) is 1. The lowest BCUT2D eigenvalue weighted by atomic mass is 9.97. The van der Waals surface area contributed by atoms with E-state index in [2.05, 4.69) is 34.1 Å². The van der Waals surface area contributed by atoms with Gasteiger partial charge in [0.1, 0.15) is 0 Å². The van der Waals surface area contributed by atoms with E-state index in [1.165, 1.54) is 12.8 Å². The van der Waals surface area contributed by atoms with Gasteiger partial charge in [-0.2, -0.15) is 5.10 Å². The van der Waals surface area contributed by atoms with Crippen LogP contribution in [0.5, 0.6) is 0 Å². The van der Waals surface area contributed by atoms with Crippen molar-refractivity contribution in [1.29, 1.82) is 0 Å². The maximum Gasteiger partial charge on any atom is 0.272 e. The number of para-hydroxylation sites is 1. The van der Waals surface area contributed by atoms with Gasteiger partial charge in [0.15, 0.2) is 5.69 Å². The fourth-order valence-electron chi connectivity index (χ4n) is 6.51. The smallest absolute Gasteiger partial charge is 0.272 e. The zero-order valence-corrected chi connectivity index (χ0v) is 21.6. The molecule has 4 heterocycles. The number of aromatic nitrogens is 2.